The van der Waals surface area contributed by atoms with Crippen molar-refractivity contribution in [2.24, 2.45) is 11.8 Å². The monoisotopic (exact) mass is 1060 g/mol. The Hall–Kier alpha value is -3.95. The smallest absolute Gasteiger partial charge is 0.410 e. The number of carbonyl (C=O) groups is 7. The highest BCUT2D eigenvalue weighted by molar-refractivity contribution is 5.73. The van der Waals surface area contributed by atoms with Crippen molar-refractivity contribution >= 4 is 41.9 Å². The van der Waals surface area contributed by atoms with E-state index in [-0.39, 0.29) is 115 Å². The topological polar surface area (TPSA) is 191 Å². The molecule has 0 aromatic carbocycles. The van der Waals surface area contributed by atoms with E-state index in [1.54, 1.807) is 0 Å². The molecule has 0 bridgehead atoms. The summed E-state index contributed by atoms with van der Waals surface area (Å²) in [6.07, 6.45) is 25.9. The number of nitrogens with zero attached hydrogens (tertiary/aromatic N) is 2. The summed E-state index contributed by atoms with van der Waals surface area (Å²) in [6.45, 7) is 10.6. The Morgan fingerprint density at radius 3 is 1.05 bits per heavy atom. The van der Waals surface area contributed by atoms with Crippen LogP contribution in [0.15, 0.2) is 0 Å². The number of amides is 1. The maximum absolute atomic E-state index is 13.8. The molecule has 75 heavy (non-hydrogen) atoms. The average molecular weight is 1070 g/mol. The van der Waals surface area contributed by atoms with Gasteiger partial charge in [0.25, 0.3) is 0 Å². The molecule has 0 spiro atoms. The molecule has 0 saturated carbocycles. The van der Waals surface area contributed by atoms with Crippen LogP contribution in [-0.4, -0.2) is 130 Å². The minimum atomic E-state index is -0.897. The van der Waals surface area contributed by atoms with Gasteiger partial charge in [0.15, 0.2) is 0 Å². The van der Waals surface area contributed by atoms with E-state index in [4.69, 9.17) is 33.2 Å². The molecule has 2 saturated heterocycles. The van der Waals surface area contributed by atoms with Crippen molar-refractivity contribution in [3.8, 4) is 0 Å². The number of esters is 6. The molecule has 0 unspecified atom stereocenters. The summed E-state index contributed by atoms with van der Waals surface area (Å²) in [5.41, 5.74) is 0. The Labute approximate surface area is 452 Å². The third kappa shape index (κ3) is 36.7. The van der Waals surface area contributed by atoms with Crippen molar-refractivity contribution in [3.05, 3.63) is 0 Å². The minimum Gasteiger partial charge on any atom is -0.465 e. The Balaban J connectivity index is 2.17. The quantitative estimate of drug-likeness (QED) is 0.0318. The van der Waals surface area contributed by atoms with Gasteiger partial charge in [0, 0.05) is 50.5 Å². The molecular weight excluding hydrogens is 961 g/mol. The summed E-state index contributed by atoms with van der Waals surface area (Å²) in [5, 5.41) is 0. The molecule has 2 fully saturated rings. The first kappa shape index (κ1) is 67.2. The van der Waals surface area contributed by atoms with Crippen LogP contribution in [-0.2, 0) is 61.9 Å². The van der Waals surface area contributed by atoms with E-state index < -0.39 is 42.1 Å². The van der Waals surface area contributed by atoms with Gasteiger partial charge in [-0.05, 0) is 51.6 Å². The number of ether oxygens (including phenoxy) is 7. The zero-order valence-electron chi connectivity index (χ0n) is 47.5. The molecule has 2 aliphatic rings. The fourth-order valence-electron chi connectivity index (χ4n) is 9.47. The first-order chi connectivity index (χ1) is 36.5. The van der Waals surface area contributed by atoms with Gasteiger partial charge >= 0.3 is 41.9 Å². The molecule has 16 heteroatoms. The molecule has 0 aromatic rings. The predicted molar refractivity (Wildman–Crippen MR) is 290 cm³/mol. The number of likely N-dealkylation sites (tertiary alicyclic amines) is 2. The van der Waals surface area contributed by atoms with Gasteiger partial charge in [-0.25, -0.2) is 4.79 Å². The predicted octanol–water partition coefficient (Wildman–Crippen LogP) is 12.3. The molecule has 0 N–H and O–H groups in total. The van der Waals surface area contributed by atoms with Crippen LogP contribution in [0.2, 0.25) is 0 Å². The van der Waals surface area contributed by atoms with Gasteiger partial charge < -0.3 is 38.1 Å². The van der Waals surface area contributed by atoms with E-state index in [0.29, 0.717) is 32.2 Å². The minimum absolute atomic E-state index is 0.0147. The molecule has 2 atom stereocenters. The van der Waals surface area contributed by atoms with Crippen molar-refractivity contribution in [3.63, 3.8) is 0 Å². The third-order valence-electron chi connectivity index (χ3n) is 14.1. The van der Waals surface area contributed by atoms with E-state index in [2.05, 4.69) is 32.6 Å². The Morgan fingerprint density at radius 1 is 0.400 bits per heavy atom. The lowest BCUT2D eigenvalue weighted by Crippen LogP contribution is -2.51. The van der Waals surface area contributed by atoms with Crippen LogP contribution in [0.3, 0.4) is 0 Å². The molecule has 0 aromatic heterocycles. The molecule has 0 radical (unpaired) electrons. The van der Waals surface area contributed by atoms with Gasteiger partial charge in [-0.2, -0.15) is 0 Å². The SMILES string of the molecule is CCCCCCCCC(=O)OCC(COC(=O)CCCCCCCC)CC(=O)O[C@@H]1C[C@H](OC(=O)CC(COC(=O)CCCCCCCC)COC(=O)CCCCCCCC)CN(C(=O)OCCN2CCCCC2)C1. The molecular formula is C59H104N2O14. The maximum atomic E-state index is 13.8. The summed E-state index contributed by atoms with van der Waals surface area (Å²) in [7, 11) is 0. The molecule has 2 heterocycles. The maximum Gasteiger partial charge on any atom is 0.410 e. The Kier molecular flexibility index (Phi) is 40.4. The highest BCUT2D eigenvalue weighted by Crippen LogP contribution is 2.22. The fraction of sp³-hybridized carbons (Fsp3) is 0.881. The van der Waals surface area contributed by atoms with Crippen molar-refractivity contribution in [1.82, 2.24) is 9.80 Å². The molecule has 2 rings (SSSR count). The van der Waals surface area contributed by atoms with Crippen molar-refractivity contribution < 1.29 is 66.7 Å². The summed E-state index contributed by atoms with van der Waals surface area (Å²) in [6, 6.07) is 0. The van der Waals surface area contributed by atoms with Gasteiger partial charge in [0.05, 0.1) is 52.4 Å². The lowest BCUT2D eigenvalue weighted by atomic mass is 10.0. The Bertz CT molecular complexity index is 1380. The molecule has 1 amide bonds. The van der Waals surface area contributed by atoms with Crippen LogP contribution >= 0.6 is 0 Å². The van der Waals surface area contributed by atoms with Crippen LogP contribution in [0, 0.1) is 11.8 Å². The van der Waals surface area contributed by atoms with Crippen molar-refractivity contribution in [1.29, 1.82) is 0 Å². The highest BCUT2D eigenvalue weighted by Gasteiger charge is 2.36. The van der Waals surface area contributed by atoms with Gasteiger partial charge in [-0.1, -0.05) is 163 Å². The molecule has 0 aliphatic carbocycles. The van der Waals surface area contributed by atoms with Crippen molar-refractivity contribution in [2.75, 3.05) is 65.8 Å². The molecule has 16 nitrogen and oxygen atoms in total. The Morgan fingerprint density at radius 2 is 0.720 bits per heavy atom. The van der Waals surface area contributed by atoms with E-state index >= 15 is 0 Å². The van der Waals surface area contributed by atoms with Gasteiger partial charge in [0.1, 0.15) is 18.8 Å². The zero-order valence-corrected chi connectivity index (χ0v) is 47.5. The lowest BCUT2D eigenvalue weighted by molar-refractivity contribution is -0.166. The number of hydrogen-bond acceptors (Lipinski definition) is 15. The van der Waals surface area contributed by atoms with Gasteiger partial charge in [-0.3, -0.25) is 33.7 Å². The summed E-state index contributed by atoms with van der Waals surface area (Å²) in [5.74, 6) is -4.18. The van der Waals surface area contributed by atoms with Crippen LogP contribution in [0.1, 0.15) is 246 Å². The van der Waals surface area contributed by atoms with Gasteiger partial charge in [0.2, 0.25) is 0 Å². The summed E-state index contributed by atoms with van der Waals surface area (Å²) in [4.78, 5) is 95.9. The summed E-state index contributed by atoms with van der Waals surface area (Å²) < 4.78 is 40.2. The van der Waals surface area contributed by atoms with E-state index in [1.807, 2.05) is 0 Å². The highest BCUT2D eigenvalue weighted by atomic mass is 16.6. The van der Waals surface area contributed by atoms with Crippen LogP contribution in [0.5, 0.6) is 0 Å². The first-order valence-electron chi connectivity index (χ1n) is 30.1. The number of hydrogen-bond donors (Lipinski definition) is 0. The zero-order chi connectivity index (χ0) is 54.6. The number of carbonyl (C=O) groups excluding carboxylic acids is 7. The number of rotatable bonds is 45. The van der Waals surface area contributed by atoms with Crippen LogP contribution in [0.4, 0.5) is 4.79 Å². The van der Waals surface area contributed by atoms with Crippen LogP contribution in [0.25, 0.3) is 0 Å². The first-order valence-corrected chi connectivity index (χ1v) is 30.1. The second kappa shape index (κ2) is 45.1. The third-order valence-corrected chi connectivity index (χ3v) is 14.1. The molecule has 2 aliphatic heterocycles. The average Bonchev–Trinajstić information content (AvgIpc) is 3.39. The van der Waals surface area contributed by atoms with Gasteiger partial charge in [-0.15, -0.1) is 0 Å². The second-order valence-electron chi connectivity index (χ2n) is 21.3. The standard InChI is InChI=1S/C59H104N2O14/c1-5-9-13-17-21-26-32-53(62)70-45-49(46-71-54(63)33-27-22-18-14-10-6-2)40-57(66)74-51-42-52(44-61(43-51)59(68)69-39-38-60-36-30-25-31-37-60)75-58(67)41-50(47-72-55(64)34-28-23-19-15-11-7-3)48-73-56(65)35-29-24-20-16-12-8-4/h49-52H,5-48H2,1-4H3/t51-,52+. The summed E-state index contributed by atoms with van der Waals surface area (Å²) >= 11 is 0. The van der Waals surface area contributed by atoms with Crippen LogP contribution < -0.4 is 0 Å². The number of piperidine rings is 2. The van der Waals surface area contributed by atoms with E-state index in [9.17, 15) is 33.6 Å². The number of unbranched alkanes of at least 4 members (excludes halogenated alkanes) is 20. The largest absolute Gasteiger partial charge is 0.465 e. The van der Waals surface area contributed by atoms with E-state index in [1.165, 1.54) is 11.3 Å². The van der Waals surface area contributed by atoms with Crippen molar-refractivity contribution in [2.45, 2.75) is 258 Å². The second-order valence-corrected chi connectivity index (χ2v) is 21.3. The fourth-order valence-corrected chi connectivity index (χ4v) is 9.47. The van der Waals surface area contributed by atoms with E-state index in [0.717, 1.165) is 154 Å². The molecule has 434 valence electrons. The lowest BCUT2D eigenvalue weighted by Gasteiger charge is -2.36. The normalized spacial score (nSPS) is 15.9.